The SMILES string of the molecule is CCCCOc1ccc(C(=O)NCCCNC(=O)c2cccc(O)c2)cc1OC. The highest BCUT2D eigenvalue weighted by Gasteiger charge is 2.11. The van der Waals surface area contributed by atoms with Crippen molar-refractivity contribution in [2.24, 2.45) is 0 Å². The van der Waals surface area contributed by atoms with Crippen LogP contribution in [-0.2, 0) is 0 Å². The number of phenolic OH excluding ortho intramolecular Hbond substituents is 1. The molecule has 0 unspecified atom stereocenters. The maximum Gasteiger partial charge on any atom is 0.251 e. The van der Waals surface area contributed by atoms with Crippen molar-refractivity contribution in [1.29, 1.82) is 0 Å². The van der Waals surface area contributed by atoms with Gasteiger partial charge in [0.25, 0.3) is 11.8 Å². The molecule has 0 saturated heterocycles. The van der Waals surface area contributed by atoms with E-state index in [2.05, 4.69) is 17.6 Å². The zero-order chi connectivity index (χ0) is 21.1. The summed E-state index contributed by atoms with van der Waals surface area (Å²) in [6.07, 6.45) is 2.57. The van der Waals surface area contributed by atoms with Gasteiger partial charge in [0.1, 0.15) is 5.75 Å². The van der Waals surface area contributed by atoms with Crippen molar-refractivity contribution in [1.82, 2.24) is 10.6 Å². The van der Waals surface area contributed by atoms with Crippen molar-refractivity contribution >= 4 is 11.8 Å². The highest BCUT2D eigenvalue weighted by molar-refractivity contribution is 5.95. The number of ether oxygens (including phenoxy) is 2. The van der Waals surface area contributed by atoms with Gasteiger partial charge in [0.15, 0.2) is 11.5 Å². The van der Waals surface area contributed by atoms with Crippen LogP contribution in [-0.4, -0.2) is 43.7 Å². The summed E-state index contributed by atoms with van der Waals surface area (Å²) in [6.45, 7) is 3.51. The van der Waals surface area contributed by atoms with Gasteiger partial charge in [-0.15, -0.1) is 0 Å². The minimum atomic E-state index is -0.268. The number of hydrogen-bond acceptors (Lipinski definition) is 5. The molecule has 0 radical (unpaired) electrons. The van der Waals surface area contributed by atoms with Crippen molar-refractivity contribution in [3.8, 4) is 17.2 Å². The summed E-state index contributed by atoms with van der Waals surface area (Å²) < 4.78 is 11.0. The number of nitrogens with one attached hydrogen (secondary N) is 2. The number of unbranched alkanes of at least 4 members (excludes halogenated alkanes) is 1. The third-order valence-corrected chi connectivity index (χ3v) is 4.21. The maximum absolute atomic E-state index is 12.3. The third-order valence-electron chi connectivity index (χ3n) is 4.21. The maximum atomic E-state index is 12.3. The van der Waals surface area contributed by atoms with Crippen LogP contribution in [0.1, 0.15) is 46.9 Å². The fraction of sp³-hybridized carbons (Fsp3) is 0.364. The van der Waals surface area contributed by atoms with E-state index in [0.717, 1.165) is 12.8 Å². The Hall–Kier alpha value is -3.22. The standard InChI is InChI=1S/C22H28N2O5/c1-3-4-13-29-19-10-9-17(15-20(19)28-2)22(27)24-12-6-11-23-21(26)16-7-5-8-18(25)14-16/h5,7-10,14-15,25H,3-4,6,11-13H2,1-2H3,(H,23,26)(H,24,27). The van der Waals surface area contributed by atoms with Crippen LogP contribution in [0.5, 0.6) is 17.2 Å². The zero-order valence-electron chi connectivity index (χ0n) is 16.9. The number of methoxy groups -OCH3 is 1. The van der Waals surface area contributed by atoms with E-state index in [9.17, 15) is 14.7 Å². The van der Waals surface area contributed by atoms with Gasteiger partial charge < -0.3 is 25.2 Å². The summed E-state index contributed by atoms with van der Waals surface area (Å²) >= 11 is 0. The lowest BCUT2D eigenvalue weighted by Gasteiger charge is -2.12. The summed E-state index contributed by atoms with van der Waals surface area (Å²) in [5, 5.41) is 15.0. The number of carbonyl (C=O) groups excluding carboxylic acids is 2. The smallest absolute Gasteiger partial charge is 0.251 e. The molecule has 0 aliphatic carbocycles. The zero-order valence-corrected chi connectivity index (χ0v) is 16.9. The molecule has 0 saturated carbocycles. The van der Waals surface area contributed by atoms with Gasteiger partial charge in [0, 0.05) is 24.2 Å². The Balaban J connectivity index is 1.76. The van der Waals surface area contributed by atoms with Crippen molar-refractivity contribution in [2.75, 3.05) is 26.8 Å². The molecular formula is C22H28N2O5. The molecule has 7 heteroatoms. The molecule has 2 amide bonds. The predicted molar refractivity (Wildman–Crippen MR) is 111 cm³/mol. The molecular weight excluding hydrogens is 372 g/mol. The van der Waals surface area contributed by atoms with Gasteiger partial charge in [-0.1, -0.05) is 19.4 Å². The average Bonchev–Trinajstić information content (AvgIpc) is 2.73. The minimum Gasteiger partial charge on any atom is -0.508 e. The van der Waals surface area contributed by atoms with Crippen LogP contribution in [0.25, 0.3) is 0 Å². The molecule has 0 aromatic heterocycles. The molecule has 0 aliphatic heterocycles. The Bertz CT molecular complexity index is 823. The van der Waals surface area contributed by atoms with Crippen LogP contribution >= 0.6 is 0 Å². The monoisotopic (exact) mass is 400 g/mol. The van der Waals surface area contributed by atoms with Gasteiger partial charge in [-0.25, -0.2) is 0 Å². The Morgan fingerprint density at radius 1 is 0.931 bits per heavy atom. The number of aromatic hydroxyl groups is 1. The minimum absolute atomic E-state index is 0.0436. The highest BCUT2D eigenvalue weighted by Crippen LogP contribution is 2.28. The van der Waals surface area contributed by atoms with Crippen LogP contribution in [0.15, 0.2) is 42.5 Å². The summed E-state index contributed by atoms with van der Waals surface area (Å²) in [5.74, 6) is 0.694. The second-order valence-corrected chi connectivity index (χ2v) is 6.48. The first-order valence-corrected chi connectivity index (χ1v) is 9.71. The first kappa shape index (κ1) is 22.1. The number of phenols is 1. The first-order chi connectivity index (χ1) is 14.0. The van der Waals surface area contributed by atoms with Crippen LogP contribution in [0, 0.1) is 0 Å². The number of hydrogen-bond donors (Lipinski definition) is 3. The Kier molecular flexibility index (Phi) is 8.82. The van der Waals surface area contributed by atoms with Gasteiger partial charge >= 0.3 is 0 Å². The number of benzene rings is 2. The molecule has 29 heavy (non-hydrogen) atoms. The fourth-order valence-corrected chi connectivity index (χ4v) is 2.60. The quantitative estimate of drug-likeness (QED) is 0.504. The lowest BCUT2D eigenvalue weighted by atomic mass is 10.2. The van der Waals surface area contributed by atoms with E-state index < -0.39 is 0 Å². The van der Waals surface area contributed by atoms with E-state index in [4.69, 9.17) is 9.47 Å². The molecule has 0 aliphatic rings. The van der Waals surface area contributed by atoms with E-state index in [0.29, 0.717) is 48.7 Å². The second-order valence-electron chi connectivity index (χ2n) is 6.48. The van der Waals surface area contributed by atoms with E-state index in [1.807, 2.05) is 0 Å². The van der Waals surface area contributed by atoms with Gasteiger partial charge in [-0.3, -0.25) is 9.59 Å². The lowest BCUT2D eigenvalue weighted by molar-refractivity contribution is 0.0951. The van der Waals surface area contributed by atoms with Crippen LogP contribution in [0.4, 0.5) is 0 Å². The van der Waals surface area contributed by atoms with Crippen molar-refractivity contribution in [2.45, 2.75) is 26.2 Å². The van der Waals surface area contributed by atoms with E-state index in [-0.39, 0.29) is 17.6 Å². The molecule has 0 heterocycles. The molecule has 3 N–H and O–H groups in total. The van der Waals surface area contributed by atoms with Crippen molar-refractivity contribution < 1.29 is 24.2 Å². The normalized spacial score (nSPS) is 10.3. The molecule has 2 rings (SSSR count). The molecule has 7 nitrogen and oxygen atoms in total. The molecule has 0 atom stereocenters. The molecule has 2 aromatic carbocycles. The highest BCUT2D eigenvalue weighted by atomic mass is 16.5. The summed E-state index contributed by atoms with van der Waals surface area (Å²) in [6, 6.07) is 11.2. The van der Waals surface area contributed by atoms with Gasteiger partial charge in [-0.2, -0.15) is 0 Å². The van der Waals surface area contributed by atoms with Crippen LogP contribution in [0.2, 0.25) is 0 Å². The molecule has 2 aromatic rings. The lowest BCUT2D eigenvalue weighted by Crippen LogP contribution is -2.29. The van der Waals surface area contributed by atoms with E-state index >= 15 is 0 Å². The predicted octanol–water partition coefficient (Wildman–Crippen LogP) is 3.13. The van der Waals surface area contributed by atoms with Crippen LogP contribution < -0.4 is 20.1 Å². The summed E-state index contributed by atoms with van der Waals surface area (Å²) in [7, 11) is 1.54. The molecule has 156 valence electrons. The van der Waals surface area contributed by atoms with Gasteiger partial charge in [0.05, 0.1) is 13.7 Å². The third kappa shape index (κ3) is 7.03. The van der Waals surface area contributed by atoms with Gasteiger partial charge in [0.2, 0.25) is 0 Å². The van der Waals surface area contributed by atoms with Crippen molar-refractivity contribution in [3.63, 3.8) is 0 Å². The summed E-state index contributed by atoms with van der Waals surface area (Å²) in [4.78, 5) is 24.3. The largest absolute Gasteiger partial charge is 0.508 e. The molecule has 0 spiro atoms. The Labute approximate surface area is 171 Å². The Morgan fingerprint density at radius 2 is 1.62 bits per heavy atom. The number of carbonyl (C=O) groups is 2. The van der Waals surface area contributed by atoms with E-state index in [1.165, 1.54) is 12.1 Å². The molecule has 0 bridgehead atoms. The van der Waals surface area contributed by atoms with E-state index in [1.54, 1.807) is 37.4 Å². The van der Waals surface area contributed by atoms with Gasteiger partial charge in [-0.05, 0) is 49.2 Å². The topological polar surface area (TPSA) is 96.9 Å². The average molecular weight is 400 g/mol. The van der Waals surface area contributed by atoms with Crippen LogP contribution in [0.3, 0.4) is 0 Å². The number of rotatable bonds is 11. The summed E-state index contributed by atoms with van der Waals surface area (Å²) in [5.41, 5.74) is 0.871. The Morgan fingerprint density at radius 3 is 2.24 bits per heavy atom. The molecule has 0 fully saturated rings. The number of amides is 2. The second kappa shape index (κ2) is 11.6. The first-order valence-electron chi connectivity index (χ1n) is 9.71. The fourth-order valence-electron chi connectivity index (χ4n) is 2.60. The van der Waals surface area contributed by atoms with Crippen molar-refractivity contribution in [3.05, 3.63) is 53.6 Å².